The molecule has 170 valence electrons. The molecule has 0 bridgehead atoms. The minimum absolute atomic E-state index is 0.0298. The summed E-state index contributed by atoms with van der Waals surface area (Å²) in [6.45, 7) is 0.883. The van der Waals surface area contributed by atoms with Crippen molar-refractivity contribution < 1.29 is 27.5 Å². The number of hydrogen-bond donors (Lipinski definition) is 0. The van der Waals surface area contributed by atoms with E-state index in [2.05, 4.69) is 6.08 Å². The number of aryl methyl sites for hydroxylation is 1. The molecule has 0 radical (unpaired) electrons. The van der Waals surface area contributed by atoms with Crippen LogP contribution in [0.4, 0.5) is 0 Å². The van der Waals surface area contributed by atoms with Crippen LogP contribution in [0.25, 0.3) is 0 Å². The molecule has 31 heavy (non-hydrogen) atoms. The second kappa shape index (κ2) is 9.13. The molecule has 1 saturated carbocycles. The third kappa shape index (κ3) is 4.86. The van der Waals surface area contributed by atoms with Crippen molar-refractivity contribution in [3.05, 3.63) is 29.7 Å². The van der Waals surface area contributed by atoms with Gasteiger partial charge in [-0.2, -0.15) is 4.31 Å². The van der Waals surface area contributed by atoms with E-state index in [1.165, 1.54) is 21.1 Å². The fourth-order valence-corrected chi connectivity index (χ4v) is 5.54. The van der Waals surface area contributed by atoms with Gasteiger partial charge in [0.05, 0.1) is 13.2 Å². The highest BCUT2D eigenvalue weighted by Crippen LogP contribution is 2.33. The Kier molecular flexibility index (Phi) is 6.49. The van der Waals surface area contributed by atoms with Gasteiger partial charge in [0.15, 0.2) is 6.61 Å². The minimum Gasteiger partial charge on any atom is -0.451 e. The van der Waals surface area contributed by atoms with E-state index in [-0.39, 0.29) is 42.2 Å². The van der Waals surface area contributed by atoms with Crippen molar-refractivity contribution in [2.45, 2.75) is 49.5 Å². The molecule has 0 unspecified atom stereocenters. The van der Waals surface area contributed by atoms with Crippen LogP contribution in [-0.4, -0.2) is 73.0 Å². The summed E-state index contributed by atoms with van der Waals surface area (Å²) in [4.78, 5) is 27.2. The monoisotopic (exact) mass is 451 g/mol. The Labute approximate surface area is 182 Å². The van der Waals surface area contributed by atoms with Crippen LogP contribution in [0.1, 0.15) is 49.0 Å². The molecule has 0 spiro atoms. The summed E-state index contributed by atoms with van der Waals surface area (Å²) in [5, 5.41) is 0. The normalized spacial score (nSPS) is 20.2. The van der Waals surface area contributed by atoms with E-state index in [4.69, 9.17) is 9.47 Å². The maximum atomic E-state index is 12.8. The van der Waals surface area contributed by atoms with Gasteiger partial charge in [0.2, 0.25) is 10.0 Å². The summed E-state index contributed by atoms with van der Waals surface area (Å²) in [7, 11) is -2.13. The first-order valence-electron chi connectivity index (χ1n) is 10.8. The lowest BCUT2D eigenvalue weighted by atomic mass is 10.0. The predicted octanol–water partition coefficient (Wildman–Crippen LogP) is 1.65. The van der Waals surface area contributed by atoms with Gasteiger partial charge >= 0.3 is 5.97 Å². The van der Waals surface area contributed by atoms with Crippen LogP contribution < -0.4 is 0 Å². The van der Waals surface area contributed by atoms with E-state index in [1.807, 2.05) is 0 Å². The van der Waals surface area contributed by atoms with Crippen molar-refractivity contribution in [1.29, 1.82) is 0 Å². The van der Waals surface area contributed by atoms with Crippen LogP contribution >= 0.6 is 0 Å². The summed E-state index contributed by atoms with van der Waals surface area (Å²) < 4.78 is 38.9. The van der Waals surface area contributed by atoms with Gasteiger partial charge in [-0.3, -0.25) is 4.79 Å². The zero-order chi connectivity index (χ0) is 22.0. The Bertz CT molecular complexity index is 973. The first kappa shape index (κ1) is 22.0. The van der Waals surface area contributed by atoms with Crippen molar-refractivity contribution in [3.8, 4) is 0 Å². The number of morpholine rings is 1. The number of sulfonamides is 1. The van der Waals surface area contributed by atoms with Crippen molar-refractivity contribution >= 4 is 21.9 Å². The minimum atomic E-state index is -3.72. The smallest absolute Gasteiger partial charge is 0.355 e. The second-order valence-corrected chi connectivity index (χ2v) is 10.1. The largest absolute Gasteiger partial charge is 0.451 e. The highest BCUT2D eigenvalue weighted by molar-refractivity contribution is 7.89. The van der Waals surface area contributed by atoms with Gasteiger partial charge in [-0.25, -0.2) is 13.2 Å². The van der Waals surface area contributed by atoms with E-state index in [1.54, 1.807) is 11.9 Å². The highest BCUT2D eigenvalue weighted by Gasteiger charge is 2.36. The van der Waals surface area contributed by atoms with Crippen molar-refractivity contribution in [1.82, 2.24) is 13.8 Å². The lowest BCUT2D eigenvalue weighted by molar-refractivity contribution is -0.133. The first-order valence-corrected chi connectivity index (χ1v) is 12.2. The van der Waals surface area contributed by atoms with E-state index < -0.39 is 16.0 Å². The van der Waals surface area contributed by atoms with Crippen molar-refractivity contribution in [2.75, 3.05) is 32.9 Å². The molecule has 1 aromatic heterocycles. The summed E-state index contributed by atoms with van der Waals surface area (Å²) in [6, 6.07) is 1.51. The molecule has 0 aromatic carbocycles. The number of nitrogens with zero attached hydrogens (tertiary/aromatic N) is 3. The molecular formula is C21H29N3O6S. The standard InChI is InChI=1S/C21H29N3O6S/c1-22-14-18(31(27,28)23-9-11-29-12-10-23)13-19(22)21(26)30-15-20(25)24(17-7-8-17)16-5-3-2-4-6-16/h5,13-14,17H,2-4,6-12,15H2,1H3. The molecule has 3 aliphatic rings. The van der Waals surface area contributed by atoms with E-state index in [0.29, 0.717) is 13.2 Å². The lowest BCUT2D eigenvalue weighted by Crippen LogP contribution is -2.40. The number of allylic oxidation sites excluding steroid dienone is 2. The van der Waals surface area contributed by atoms with Crippen LogP contribution in [0.5, 0.6) is 0 Å². The second-order valence-electron chi connectivity index (χ2n) is 8.20. The topological polar surface area (TPSA) is 98.2 Å². The molecular weight excluding hydrogens is 422 g/mol. The molecule has 2 aliphatic carbocycles. The molecule has 2 heterocycles. The SMILES string of the molecule is Cn1cc(S(=O)(=O)N2CCOCC2)cc1C(=O)OCC(=O)N(C1=CCCCC1)C1CC1. The Hall–Kier alpha value is -2.17. The van der Waals surface area contributed by atoms with Gasteiger partial charge in [0, 0.05) is 38.1 Å². The lowest BCUT2D eigenvalue weighted by Gasteiger charge is -2.27. The van der Waals surface area contributed by atoms with Gasteiger partial charge < -0.3 is 18.9 Å². The van der Waals surface area contributed by atoms with Crippen molar-refractivity contribution in [2.24, 2.45) is 7.05 Å². The van der Waals surface area contributed by atoms with Gasteiger partial charge in [-0.1, -0.05) is 6.08 Å². The number of esters is 1. The summed E-state index contributed by atoms with van der Waals surface area (Å²) in [6.07, 6.45) is 9.48. The fourth-order valence-electron chi connectivity index (χ4n) is 4.06. The highest BCUT2D eigenvalue weighted by atomic mass is 32.2. The van der Waals surface area contributed by atoms with Gasteiger partial charge in [0.1, 0.15) is 10.6 Å². The molecule has 1 aliphatic heterocycles. The molecule has 9 nitrogen and oxygen atoms in total. The number of amides is 1. The Morgan fingerprint density at radius 3 is 2.61 bits per heavy atom. The van der Waals surface area contributed by atoms with E-state index in [9.17, 15) is 18.0 Å². The van der Waals surface area contributed by atoms with Gasteiger partial charge in [-0.05, 0) is 44.6 Å². The van der Waals surface area contributed by atoms with Crippen LogP contribution in [0.15, 0.2) is 28.9 Å². The number of ether oxygens (including phenoxy) is 2. The number of aromatic nitrogens is 1. The molecule has 4 rings (SSSR count). The first-order chi connectivity index (χ1) is 14.9. The van der Waals surface area contributed by atoms with Crippen molar-refractivity contribution in [3.63, 3.8) is 0 Å². The summed E-state index contributed by atoms with van der Waals surface area (Å²) >= 11 is 0. The predicted molar refractivity (Wildman–Crippen MR) is 112 cm³/mol. The fraction of sp³-hybridized carbons (Fsp3) is 0.619. The molecule has 1 aromatic rings. The Balaban J connectivity index is 1.42. The van der Waals surface area contributed by atoms with E-state index in [0.717, 1.165) is 44.2 Å². The number of carbonyl (C=O) groups excluding carboxylic acids is 2. The zero-order valence-electron chi connectivity index (χ0n) is 17.8. The summed E-state index contributed by atoms with van der Waals surface area (Å²) in [5.41, 5.74) is 1.13. The molecule has 2 fully saturated rings. The number of rotatable bonds is 7. The third-order valence-corrected chi connectivity index (χ3v) is 7.74. The third-order valence-electron chi connectivity index (χ3n) is 5.88. The van der Waals surface area contributed by atoms with Crippen LogP contribution in [0.3, 0.4) is 0 Å². The Morgan fingerprint density at radius 1 is 1.23 bits per heavy atom. The average Bonchev–Trinajstić information content (AvgIpc) is 3.53. The molecule has 0 atom stereocenters. The molecule has 10 heteroatoms. The Morgan fingerprint density at radius 2 is 1.97 bits per heavy atom. The van der Waals surface area contributed by atoms with Crippen LogP contribution in [-0.2, 0) is 31.3 Å². The molecule has 1 amide bonds. The van der Waals surface area contributed by atoms with Crippen LogP contribution in [0.2, 0.25) is 0 Å². The molecule has 0 N–H and O–H groups in total. The quantitative estimate of drug-likeness (QED) is 0.585. The summed E-state index contributed by atoms with van der Waals surface area (Å²) in [5.74, 6) is -0.938. The zero-order valence-corrected chi connectivity index (χ0v) is 18.6. The molecule has 1 saturated heterocycles. The maximum Gasteiger partial charge on any atom is 0.355 e. The maximum absolute atomic E-state index is 12.8. The number of carbonyl (C=O) groups is 2. The van der Waals surface area contributed by atoms with E-state index >= 15 is 0 Å². The van der Waals surface area contributed by atoms with Gasteiger partial charge in [-0.15, -0.1) is 0 Å². The van der Waals surface area contributed by atoms with Gasteiger partial charge in [0.25, 0.3) is 5.91 Å². The van der Waals surface area contributed by atoms with Crippen LogP contribution in [0, 0.1) is 0 Å². The average molecular weight is 452 g/mol. The number of hydrogen-bond acceptors (Lipinski definition) is 6.